The van der Waals surface area contributed by atoms with Crippen LogP contribution in [0.5, 0.6) is 0 Å². The van der Waals surface area contributed by atoms with Crippen LogP contribution in [0.15, 0.2) is 22.7 Å². The van der Waals surface area contributed by atoms with Crippen molar-refractivity contribution in [1.82, 2.24) is 9.78 Å². The van der Waals surface area contributed by atoms with Crippen molar-refractivity contribution in [3.63, 3.8) is 0 Å². The molecule has 0 fully saturated rings. The van der Waals surface area contributed by atoms with Gasteiger partial charge in [0.05, 0.1) is 6.20 Å². The summed E-state index contributed by atoms with van der Waals surface area (Å²) < 4.78 is 24.3. The molecule has 0 saturated carbocycles. The van der Waals surface area contributed by atoms with Crippen molar-refractivity contribution in [1.29, 1.82) is 0 Å². The van der Waals surface area contributed by atoms with Crippen molar-refractivity contribution < 1.29 is 8.42 Å². The molecule has 0 unspecified atom stereocenters. The smallest absolute Gasteiger partial charge is 0.247 e. The van der Waals surface area contributed by atoms with E-state index in [4.69, 9.17) is 5.14 Å². The molecule has 0 radical (unpaired) electrons. The van der Waals surface area contributed by atoms with E-state index in [0.29, 0.717) is 0 Å². The highest BCUT2D eigenvalue weighted by molar-refractivity contribution is 7.91. The number of thiophene rings is 1. The number of nitrogens with zero attached hydrogens (tertiary/aromatic N) is 2. The number of rotatable bonds is 2. The molecule has 0 aliphatic heterocycles. The van der Waals surface area contributed by atoms with Gasteiger partial charge in [0.1, 0.15) is 4.21 Å². The van der Waals surface area contributed by atoms with Gasteiger partial charge in [0.2, 0.25) is 10.0 Å². The molecule has 0 amide bonds. The third-order valence-corrected chi connectivity index (χ3v) is 4.85. The van der Waals surface area contributed by atoms with Crippen LogP contribution in [0, 0.1) is 6.92 Å². The Balaban J connectivity index is 2.55. The molecule has 0 aromatic carbocycles. The minimum atomic E-state index is -3.61. The molecule has 0 aliphatic carbocycles. The predicted octanol–water partition coefficient (Wildman–Crippen LogP) is 1.10. The summed E-state index contributed by atoms with van der Waals surface area (Å²) in [5.41, 5.74) is 1.79. The van der Waals surface area contributed by atoms with Crippen LogP contribution in [0.25, 0.3) is 10.4 Å². The van der Waals surface area contributed by atoms with Crippen molar-refractivity contribution in [2.75, 3.05) is 0 Å². The number of hydrogen-bond donors (Lipinski definition) is 1. The number of sulfonamides is 1. The van der Waals surface area contributed by atoms with Gasteiger partial charge in [-0.1, -0.05) is 0 Å². The van der Waals surface area contributed by atoms with Gasteiger partial charge in [-0.15, -0.1) is 11.3 Å². The maximum Gasteiger partial charge on any atom is 0.247 e. The summed E-state index contributed by atoms with van der Waals surface area (Å²) in [6, 6.07) is 1.59. The lowest BCUT2D eigenvalue weighted by atomic mass is 10.2. The van der Waals surface area contributed by atoms with Gasteiger partial charge >= 0.3 is 0 Å². The molecule has 0 saturated heterocycles. The summed E-state index contributed by atoms with van der Waals surface area (Å²) in [6.45, 7) is 1.85. The summed E-state index contributed by atoms with van der Waals surface area (Å²) in [5, 5.41) is 9.13. The molecule has 2 aromatic rings. The highest BCUT2D eigenvalue weighted by Crippen LogP contribution is 2.33. The van der Waals surface area contributed by atoms with Gasteiger partial charge in [0.25, 0.3) is 0 Å². The van der Waals surface area contributed by atoms with Crippen molar-refractivity contribution in [3.05, 3.63) is 24.0 Å². The van der Waals surface area contributed by atoms with E-state index in [2.05, 4.69) is 5.10 Å². The molecule has 0 atom stereocenters. The van der Waals surface area contributed by atoms with Crippen LogP contribution in [-0.4, -0.2) is 18.2 Å². The fraction of sp³-hybridized carbons (Fsp3) is 0.222. The third-order valence-electron chi connectivity index (χ3n) is 2.14. The minimum absolute atomic E-state index is 0.184. The van der Waals surface area contributed by atoms with E-state index in [9.17, 15) is 8.42 Å². The largest absolute Gasteiger partial charge is 0.275 e. The number of aromatic nitrogens is 2. The minimum Gasteiger partial charge on any atom is -0.275 e. The molecule has 0 spiro atoms. The van der Waals surface area contributed by atoms with Gasteiger partial charge in [-0.05, 0) is 18.6 Å². The van der Waals surface area contributed by atoms with E-state index in [0.717, 1.165) is 16.0 Å². The molecule has 2 heterocycles. The van der Waals surface area contributed by atoms with Gasteiger partial charge in [0, 0.05) is 23.7 Å². The van der Waals surface area contributed by atoms with Gasteiger partial charge in [-0.25, -0.2) is 13.6 Å². The van der Waals surface area contributed by atoms with Gasteiger partial charge < -0.3 is 0 Å². The summed E-state index contributed by atoms with van der Waals surface area (Å²) in [7, 11) is -1.80. The first-order valence-corrected chi connectivity index (χ1v) is 6.86. The lowest BCUT2D eigenvalue weighted by Crippen LogP contribution is -2.09. The van der Waals surface area contributed by atoms with E-state index in [1.54, 1.807) is 16.9 Å². The maximum absolute atomic E-state index is 11.2. The maximum atomic E-state index is 11.2. The summed E-state index contributed by atoms with van der Waals surface area (Å²) in [6.07, 6.45) is 3.54. The van der Waals surface area contributed by atoms with Crippen molar-refractivity contribution in [2.45, 2.75) is 11.1 Å². The fourth-order valence-corrected chi connectivity index (χ4v) is 3.35. The molecule has 86 valence electrons. The zero-order valence-electron chi connectivity index (χ0n) is 8.84. The van der Waals surface area contributed by atoms with Crippen molar-refractivity contribution >= 4 is 21.4 Å². The molecule has 7 heteroatoms. The average molecular weight is 257 g/mol. The highest BCUT2D eigenvalue weighted by atomic mass is 32.2. The van der Waals surface area contributed by atoms with Crippen LogP contribution in [0.1, 0.15) is 5.56 Å². The van der Waals surface area contributed by atoms with Crippen molar-refractivity contribution in [2.24, 2.45) is 12.2 Å². The Morgan fingerprint density at radius 1 is 1.50 bits per heavy atom. The Labute approximate surface area is 97.6 Å². The average Bonchev–Trinajstić information content (AvgIpc) is 2.70. The summed E-state index contributed by atoms with van der Waals surface area (Å²) >= 11 is 1.17. The zero-order chi connectivity index (χ0) is 11.9. The van der Waals surface area contributed by atoms with Crippen LogP contribution < -0.4 is 5.14 Å². The van der Waals surface area contributed by atoms with E-state index in [1.807, 2.05) is 20.2 Å². The topological polar surface area (TPSA) is 78.0 Å². The quantitative estimate of drug-likeness (QED) is 0.875. The van der Waals surface area contributed by atoms with E-state index < -0.39 is 10.0 Å². The standard InChI is InChI=1S/C9H11N3O2S2/c1-6-3-8(16(10,13)14)15-9(6)7-4-11-12(2)5-7/h3-5H,1-2H3,(H2,10,13,14). The molecule has 2 aromatic heterocycles. The molecule has 0 bridgehead atoms. The van der Waals surface area contributed by atoms with E-state index in [1.165, 1.54) is 11.3 Å². The Morgan fingerprint density at radius 3 is 2.62 bits per heavy atom. The van der Waals surface area contributed by atoms with Gasteiger partial charge in [-0.3, -0.25) is 4.68 Å². The van der Waals surface area contributed by atoms with Crippen LogP contribution in [0.2, 0.25) is 0 Å². The first kappa shape index (κ1) is 11.3. The normalized spacial score (nSPS) is 11.9. The number of primary sulfonamides is 1. The van der Waals surface area contributed by atoms with E-state index in [-0.39, 0.29) is 4.21 Å². The lowest BCUT2D eigenvalue weighted by molar-refractivity contribution is 0.599. The summed E-state index contributed by atoms with van der Waals surface area (Å²) in [5.74, 6) is 0. The molecule has 5 nitrogen and oxygen atoms in total. The second kappa shape index (κ2) is 3.69. The van der Waals surface area contributed by atoms with Crippen LogP contribution in [0.4, 0.5) is 0 Å². The second-order valence-corrected chi connectivity index (χ2v) is 6.37. The number of nitrogens with two attached hydrogens (primary N) is 1. The van der Waals surface area contributed by atoms with Gasteiger partial charge in [0.15, 0.2) is 0 Å². The first-order valence-electron chi connectivity index (χ1n) is 4.50. The highest BCUT2D eigenvalue weighted by Gasteiger charge is 2.16. The Morgan fingerprint density at radius 2 is 2.19 bits per heavy atom. The molecule has 2 rings (SSSR count). The van der Waals surface area contributed by atoms with Gasteiger partial charge in [-0.2, -0.15) is 5.10 Å². The SMILES string of the molecule is Cc1cc(S(N)(=O)=O)sc1-c1cnn(C)c1. The second-order valence-electron chi connectivity index (χ2n) is 3.53. The third kappa shape index (κ3) is 2.01. The van der Waals surface area contributed by atoms with Crippen molar-refractivity contribution in [3.8, 4) is 10.4 Å². The van der Waals surface area contributed by atoms with Crippen LogP contribution in [0.3, 0.4) is 0 Å². The molecule has 0 aliphatic rings. The molecule has 16 heavy (non-hydrogen) atoms. The Hall–Kier alpha value is -1.18. The number of aryl methyl sites for hydroxylation is 2. The van der Waals surface area contributed by atoms with E-state index >= 15 is 0 Å². The predicted molar refractivity (Wildman–Crippen MR) is 62.6 cm³/mol. The molecular weight excluding hydrogens is 246 g/mol. The summed E-state index contributed by atoms with van der Waals surface area (Å²) in [4.78, 5) is 0.886. The monoisotopic (exact) mass is 257 g/mol. The zero-order valence-corrected chi connectivity index (χ0v) is 10.5. The Bertz CT molecular complexity index is 625. The van der Waals surface area contributed by atoms with Crippen LogP contribution in [-0.2, 0) is 17.1 Å². The fourth-order valence-electron chi connectivity index (χ4n) is 1.42. The molecular formula is C9H11N3O2S2. The Kier molecular flexibility index (Phi) is 2.61. The van der Waals surface area contributed by atoms with Crippen LogP contribution >= 0.6 is 11.3 Å². The lowest BCUT2D eigenvalue weighted by Gasteiger charge is -1.92. The molecule has 2 N–H and O–H groups in total. The number of hydrogen-bond acceptors (Lipinski definition) is 4. The first-order chi connectivity index (χ1) is 7.38.